The van der Waals surface area contributed by atoms with Crippen molar-refractivity contribution in [1.29, 1.82) is 0 Å². The van der Waals surface area contributed by atoms with E-state index < -0.39 is 16.6 Å². The Morgan fingerprint density at radius 1 is 0.969 bits per heavy atom. The Morgan fingerprint density at radius 3 is 1.97 bits per heavy atom. The zero-order chi connectivity index (χ0) is 24.5. The minimum absolute atomic E-state index is 0.0558. The van der Waals surface area contributed by atoms with Crippen molar-refractivity contribution in [3.05, 3.63) is 24.8 Å². The molecule has 0 saturated heterocycles. The van der Waals surface area contributed by atoms with Gasteiger partial charge in [-0.15, -0.1) is 6.58 Å². The first kappa shape index (κ1) is 27.7. The molecule has 2 aliphatic rings. The number of hydrogen-bond donors (Lipinski definition) is 0. The van der Waals surface area contributed by atoms with E-state index in [1.54, 1.807) is 0 Å². The molecule has 0 spiro atoms. The first-order valence-electron chi connectivity index (χ1n) is 12.7. The van der Waals surface area contributed by atoms with E-state index in [4.69, 9.17) is 8.85 Å². The van der Waals surface area contributed by atoms with Gasteiger partial charge in [0.15, 0.2) is 16.6 Å². The normalized spacial score (nSPS) is 27.4. The van der Waals surface area contributed by atoms with Crippen LogP contribution < -0.4 is 0 Å². The highest BCUT2D eigenvalue weighted by molar-refractivity contribution is 6.74. The Balaban J connectivity index is 2.31. The maximum absolute atomic E-state index is 12.8. The quantitative estimate of drug-likeness (QED) is 0.263. The van der Waals surface area contributed by atoms with E-state index in [9.17, 15) is 4.79 Å². The number of allylic oxidation sites excluding steroid dienone is 1. The second-order valence-electron chi connectivity index (χ2n) is 13.2. The number of hydrogen-bond acceptors (Lipinski definition) is 3. The van der Waals surface area contributed by atoms with Gasteiger partial charge in [-0.3, -0.25) is 4.79 Å². The number of Topliss-reactive ketones (excluding diaryl/α,β-unsaturated/α-hetero) is 1. The average Bonchev–Trinajstić information content (AvgIpc) is 3.24. The van der Waals surface area contributed by atoms with E-state index in [-0.39, 0.29) is 39.9 Å². The molecule has 0 aromatic rings. The molecule has 2 aliphatic carbocycles. The molecule has 3 nitrogen and oxygen atoms in total. The molecule has 0 radical (unpaired) electrons. The summed E-state index contributed by atoms with van der Waals surface area (Å²) in [6, 6.07) is 0. The summed E-state index contributed by atoms with van der Waals surface area (Å²) in [5.41, 5.74) is 0. The smallest absolute Gasteiger partial charge is 0.192 e. The molecular weight excluding hydrogens is 428 g/mol. The monoisotopic (exact) mass is 478 g/mol. The lowest BCUT2D eigenvalue weighted by atomic mass is 9.92. The van der Waals surface area contributed by atoms with Gasteiger partial charge in [-0.2, -0.15) is 0 Å². The van der Waals surface area contributed by atoms with E-state index in [0.29, 0.717) is 12.3 Å². The van der Waals surface area contributed by atoms with Crippen molar-refractivity contribution in [2.24, 2.45) is 17.8 Å². The molecule has 5 heteroatoms. The molecule has 184 valence electrons. The minimum atomic E-state index is -1.97. The topological polar surface area (TPSA) is 35.5 Å². The van der Waals surface area contributed by atoms with E-state index in [1.807, 2.05) is 6.08 Å². The van der Waals surface area contributed by atoms with Crippen LogP contribution in [-0.2, 0) is 13.6 Å². The molecule has 0 bridgehead atoms. The average molecular weight is 479 g/mol. The van der Waals surface area contributed by atoms with Gasteiger partial charge in [0.2, 0.25) is 0 Å². The van der Waals surface area contributed by atoms with E-state index in [1.165, 1.54) is 25.7 Å². The summed E-state index contributed by atoms with van der Waals surface area (Å²) in [6.45, 7) is 26.9. The first-order valence-corrected chi connectivity index (χ1v) is 18.5. The third kappa shape index (κ3) is 6.34. The van der Waals surface area contributed by atoms with Crippen LogP contribution in [0.2, 0.25) is 36.3 Å². The van der Waals surface area contributed by atoms with Crippen LogP contribution in [0, 0.1) is 17.8 Å². The van der Waals surface area contributed by atoms with Gasteiger partial charge in [0, 0.05) is 18.3 Å². The van der Waals surface area contributed by atoms with E-state index >= 15 is 0 Å². The summed E-state index contributed by atoms with van der Waals surface area (Å²) < 4.78 is 13.7. The molecule has 0 unspecified atom stereocenters. The summed E-state index contributed by atoms with van der Waals surface area (Å²) >= 11 is 0. The second-order valence-corrected chi connectivity index (χ2v) is 22.7. The summed E-state index contributed by atoms with van der Waals surface area (Å²) in [7, 11) is -3.87. The molecule has 0 aromatic carbocycles. The Bertz CT molecular complexity index is 691. The Labute approximate surface area is 200 Å². The largest absolute Gasteiger partial charge is 0.413 e. The first-order chi connectivity index (χ1) is 14.5. The third-order valence-corrected chi connectivity index (χ3v) is 17.7. The van der Waals surface area contributed by atoms with Gasteiger partial charge in [-0.25, -0.2) is 0 Å². The Hall–Kier alpha value is -0.496. The van der Waals surface area contributed by atoms with Crippen LogP contribution in [0.15, 0.2) is 24.8 Å². The fourth-order valence-electron chi connectivity index (χ4n) is 4.46. The lowest BCUT2D eigenvalue weighted by Gasteiger charge is -2.41. The van der Waals surface area contributed by atoms with Crippen LogP contribution in [0.4, 0.5) is 0 Å². The van der Waals surface area contributed by atoms with Crippen molar-refractivity contribution < 1.29 is 13.6 Å². The number of rotatable bonds is 8. The standard InChI is InChI=1S/C27H50O3Si2/c1-12-21-22(25(19-23(21)28)30-32(10,11)27(5,6)7)17-18-24(20-15-13-14-16-20)29-31(8,9)26(2,3)4/h12,17-18,20-22,24-25H,1,13-16,19H2,2-11H3/t21-,22+,24-,25-/m1/s1. The van der Waals surface area contributed by atoms with Crippen LogP contribution in [0.5, 0.6) is 0 Å². The fourth-order valence-corrected chi connectivity index (χ4v) is 7.11. The van der Waals surface area contributed by atoms with Crippen LogP contribution in [0.3, 0.4) is 0 Å². The second kappa shape index (κ2) is 10.0. The highest BCUT2D eigenvalue weighted by atomic mass is 28.4. The Kier molecular flexibility index (Phi) is 8.68. The fraction of sp³-hybridized carbons (Fsp3) is 0.815. The highest BCUT2D eigenvalue weighted by Crippen LogP contribution is 2.43. The van der Waals surface area contributed by atoms with Gasteiger partial charge in [0.25, 0.3) is 0 Å². The predicted molar refractivity (Wildman–Crippen MR) is 142 cm³/mol. The third-order valence-electron chi connectivity index (χ3n) is 8.75. The molecule has 32 heavy (non-hydrogen) atoms. The molecule has 0 N–H and O–H groups in total. The van der Waals surface area contributed by atoms with Crippen molar-refractivity contribution in [3.8, 4) is 0 Å². The summed E-state index contributed by atoms with van der Waals surface area (Å²) in [5.74, 6) is 0.750. The molecule has 2 rings (SSSR count). The highest BCUT2D eigenvalue weighted by Gasteiger charge is 2.47. The van der Waals surface area contributed by atoms with Crippen molar-refractivity contribution in [2.45, 2.75) is 122 Å². The summed E-state index contributed by atoms with van der Waals surface area (Å²) in [5, 5.41) is 0.299. The van der Waals surface area contributed by atoms with Gasteiger partial charge in [0.05, 0.1) is 12.2 Å². The Morgan fingerprint density at radius 2 is 1.50 bits per heavy atom. The zero-order valence-corrected chi connectivity index (χ0v) is 24.6. The van der Waals surface area contributed by atoms with Crippen LogP contribution in [0.25, 0.3) is 0 Å². The SMILES string of the molecule is C=C[C@H]1C(=O)C[C@@H](O[Si](C)(C)C(C)(C)C)[C@H]1C=C[C@@H](O[Si](C)(C)C(C)(C)C)C1CCCC1. The lowest BCUT2D eigenvalue weighted by Crippen LogP contribution is -2.45. The zero-order valence-electron chi connectivity index (χ0n) is 22.6. The molecule has 0 heterocycles. The molecular formula is C27H50O3Si2. The molecule has 2 fully saturated rings. The van der Waals surface area contributed by atoms with Gasteiger partial charge < -0.3 is 8.85 Å². The van der Waals surface area contributed by atoms with Gasteiger partial charge in [-0.05, 0) is 55.0 Å². The van der Waals surface area contributed by atoms with Gasteiger partial charge >= 0.3 is 0 Å². The number of carbonyl (C=O) groups excluding carboxylic acids is 1. The van der Waals surface area contributed by atoms with Crippen molar-refractivity contribution >= 4 is 22.4 Å². The number of carbonyl (C=O) groups is 1. The summed E-state index contributed by atoms with van der Waals surface area (Å²) in [6.07, 6.45) is 12.1. The molecule has 2 saturated carbocycles. The van der Waals surface area contributed by atoms with Gasteiger partial charge in [0.1, 0.15) is 5.78 Å². The summed E-state index contributed by atoms with van der Waals surface area (Å²) in [4.78, 5) is 12.8. The van der Waals surface area contributed by atoms with E-state index in [2.05, 4.69) is 86.5 Å². The maximum atomic E-state index is 12.8. The van der Waals surface area contributed by atoms with Crippen molar-refractivity contribution in [3.63, 3.8) is 0 Å². The van der Waals surface area contributed by atoms with Crippen LogP contribution >= 0.6 is 0 Å². The maximum Gasteiger partial charge on any atom is 0.192 e. The molecule has 0 aliphatic heterocycles. The van der Waals surface area contributed by atoms with Crippen LogP contribution in [-0.4, -0.2) is 34.6 Å². The molecule has 0 aromatic heterocycles. The van der Waals surface area contributed by atoms with Crippen molar-refractivity contribution in [1.82, 2.24) is 0 Å². The lowest BCUT2D eigenvalue weighted by molar-refractivity contribution is -0.119. The van der Waals surface area contributed by atoms with Gasteiger partial charge in [-0.1, -0.05) is 72.6 Å². The van der Waals surface area contributed by atoms with Crippen molar-refractivity contribution in [2.75, 3.05) is 0 Å². The predicted octanol–water partition coefficient (Wildman–Crippen LogP) is 7.90. The van der Waals surface area contributed by atoms with E-state index in [0.717, 1.165) is 0 Å². The molecule has 4 atom stereocenters. The molecule has 0 amide bonds. The van der Waals surface area contributed by atoms with Crippen LogP contribution in [0.1, 0.15) is 73.6 Å². The number of ketones is 1. The minimum Gasteiger partial charge on any atom is -0.413 e.